The van der Waals surface area contributed by atoms with Crippen molar-refractivity contribution in [3.8, 4) is 17.2 Å². The van der Waals surface area contributed by atoms with E-state index in [2.05, 4.69) is 15.5 Å². The van der Waals surface area contributed by atoms with Gasteiger partial charge in [-0.05, 0) is 84.1 Å². The zero-order chi connectivity index (χ0) is 30.2. The number of carbonyl (C=O) groups is 2. The number of benzene rings is 3. The molecule has 1 fully saturated rings. The first-order valence-electron chi connectivity index (χ1n) is 12.9. The second-order valence-electron chi connectivity index (χ2n) is 9.02. The minimum atomic E-state index is -0.348. The Morgan fingerprint density at radius 1 is 1.09 bits per heavy atom. The van der Waals surface area contributed by atoms with Crippen molar-refractivity contribution in [2.45, 2.75) is 6.54 Å². The molecule has 0 spiro atoms. The highest BCUT2D eigenvalue weighted by Gasteiger charge is 2.34. The van der Waals surface area contributed by atoms with Gasteiger partial charge in [-0.3, -0.25) is 14.5 Å². The molecule has 2 heterocycles. The van der Waals surface area contributed by atoms with Crippen molar-refractivity contribution in [2.75, 3.05) is 19.0 Å². The average molecular weight is 617 g/mol. The maximum Gasteiger partial charge on any atom is 0.267 e. The van der Waals surface area contributed by atoms with Crippen LogP contribution in [0.5, 0.6) is 17.2 Å². The van der Waals surface area contributed by atoms with Crippen LogP contribution in [-0.4, -0.2) is 46.9 Å². The van der Waals surface area contributed by atoms with E-state index in [9.17, 15) is 14.7 Å². The van der Waals surface area contributed by atoms with E-state index < -0.39 is 0 Å². The number of phenols is 1. The summed E-state index contributed by atoms with van der Waals surface area (Å²) < 4.78 is 16.4. The van der Waals surface area contributed by atoms with Gasteiger partial charge in [-0.15, -0.1) is 5.10 Å². The van der Waals surface area contributed by atoms with Gasteiger partial charge in [0.1, 0.15) is 11.5 Å². The van der Waals surface area contributed by atoms with E-state index >= 15 is 0 Å². The third-order valence-corrected chi connectivity index (χ3v) is 7.28. The van der Waals surface area contributed by atoms with Crippen LogP contribution in [0.2, 0.25) is 5.02 Å². The molecule has 1 aromatic heterocycles. The quantitative estimate of drug-likeness (QED) is 0.124. The zero-order valence-electron chi connectivity index (χ0n) is 22.8. The number of ether oxygens (including phenoxy) is 2. The molecule has 0 bridgehead atoms. The number of methoxy groups -OCH3 is 1. The standard InChI is InChI=1S/C31H25ClN4O6S/c1-40-27-15-20(8-13-25(27)37)17-33-35-31-36(18-24-6-4-14-41-24)30(39)28(43-31)16-21-5-2-3-7-26(21)42-19-29(38)34-23-11-9-22(32)10-12-23/h2-17,37H,18-19H2,1H3,(H,34,38)/b28-16-,33-17-,35-31+. The number of phenolic OH excluding ortho intramolecular Hbond substituents is 1. The lowest BCUT2D eigenvalue weighted by molar-refractivity contribution is -0.122. The van der Waals surface area contributed by atoms with Crippen molar-refractivity contribution >= 4 is 58.3 Å². The smallest absolute Gasteiger partial charge is 0.267 e. The first kappa shape index (κ1) is 29.5. The monoisotopic (exact) mass is 616 g/mol. The van der Waals surface area contributed by atoms with Crippen LogP contribution in [0.3, 0.4) is 0 Å². The lowest BCUT2D eigenvalue weighted by Gasteiger charge is -2.12. The SMILES string of the molecule is COc1cc(/C=N\N=C2\S/C(=C\c3ccccc3OCC(=O)Nc3ccc(Cl)cc3)C(=O)N2Cc2ccco2)ccc1O. The van der Waals surface area contributed by atoms with Gasteiger partial charge in [-0.25, -0.2) is 0 Å². The highest BCUT2D eigenvalue weighted by Crippen LogP contribution is 2.35. The van der Waals surface area contributed by atoms with Crippen molar-refractivity contribution in [3.05, 3.63) is 112 Å². The molecule has 0 atom stereocenters. The predicted molar refractivity (Wildman–Crippen MR) is 167 cm³/mol. The van der Waals surface area contributed by atoms with E-state index in [0.717, 1.165) is 11.8 Å². The molecule has 0 saturated carbocycles. The summed E-state index contributed by atoms with van der Waals surface area (Å²) in [7, 11) is 1.46. The number of rotatable bonds is 10. The Balaban J connectivity index is 1.34. The zero-order valence-corrected chi connectivity index (χ0v) is 24.3. The van der Waals surface area contributed by atoms with E-state index in [1.165, 1.54) is 30.6 Å². The van der Waals surface area contributed by atoms with Crippen LogP contribution >= 0.6 is 23.4 Å². The number of carbonyl (C=O) groups excluding carboxylic acids is 2. The Labute approximate surface area is 256 Å². The minimum Gasteiger partial charge on any atom is -0.504 e. The molecule has 1 aliphatic heterocycles. The number of furan rings is 1. The van der Waals surface area contributed by atoms with Crippen LogP contribution in [-0.2, 0) is 16.1 Å². The molecular formula is C31H25ClN4O6S. The molecule has 218 valence electrons. The fraction of sp³-hybridized carbons (Fsp3) is 0.0968. The number of nitrogens with one attached hydrogen (secondary N) is 1. The predicted octanol–water partition coefficient (Wildman–Crippen LogP) is 6.17. The Bertz CT molecular complexity index is 1700. The van der Waals surface area contributed by atoms with E-state index in [-0.39, 0.29) is 30.7 Å². The number of halogens is 1. The van der Waals surface area contributed by atoms with Gasteiger partial charge >= 0.3 is 0 Å². The molecule has 5 rings (SSSR count). The van der Waals surface area contributed by atoms with Crippen LogP contribution in [0.1, 0.15) is 16.9 Å². The van der Waals surface area contributed by atoms with Crippen LogP contribution in [0.15, 0.2) is 105 Å². The summed E-state index contributed by atoms with van der Waals surface area (Å²) >= 11 is 7.05. The number of nitrogens with zero attached hydrogens (tertiary/aromatic N) is 3. The average Bonchev–Trinajstić information content (AvgIpc) is 3.63. The number of aromatic hydroxyl groups is 1. The number of amidine groups is 1. The minimum absolute atomic E-state index is 0.00811. The van der Waals surface area contributed by atoms with Crippen LogP contribution in [0, 0.1) is 0 Å². The molecule has 4 aromatic rings. The molecule has 0 aliphatic carbocycles. The Morgan fingerprint density at radius 2 is 1.91 bits per heavy atom. The molecule has 1 aliphatic rings. The number of para-hydroxylation sites is 1. The molecule has 2 N–H and O–H groups in total. The topological polar surface area (TPSA) is 126 Å². The van der Waals surface area contributed by atoms with E-state index in [0.29, 0.717) is 49.2 Å². The van der Waals surface area contributed by atoms with Gasteiger partial charge in [0.15, 0.2) is 23.3 Å². The fourth-order valence-corrected chi connectivity index (χ4v) is 5.00. The van der Waals surface area contributed by atoms with Gasteiger partial charge in [0, 0.05) is 16.3 Å². The highest BCUT2D eigenvalue weighted by atomic mass is 35.5. The highest BCUT2D eigenvalue weighted by molar-refractivity contribution is 8.18. The van der Waals surface area contributed by atoms with Gasteiger partial charge in [-0.2, -0.15) is 5.10 Å². The lowest BCUT2D eigenvalue weighted by Crippen LogP contribution is -2.28. The Kier molecular flexibility index (Phi) is 9.45. The number of hydrogen-bond donors (Lipinski definition) is 2. The van der Waals surface area contributed by atoms with E-state index in [1.807, 2.05) is 6.07 Å². The van der Waals surface area contributed by atoms with Crippen molar-refractivity contribution in [1.82, 2.24) is 4.90 Å². The molecule has 3 aromatic carbocycles. The molecule has 43 heavy (non-hydrogen) atoms. The number of thioether (sulfide) groups is 1. The first-order valence-corrected chi connectivity index (χ1v) is 14.1. The second-order valence-corrected chi connectivity index (χ2v) is 10.5. The van der Waals surface area contributed by atoms with Gasteiger partial charge in [0.2, 0.25) is 0 Å². The molecule has 0 unspecified atom stereocenters. The molecule has 0 radical (unpaired) electrons. The summed E-state index contributed by atoms with van der Waals surface area (Å²) in [5.74, 6) is 0.669. The maximum absolute atomic E-state index is 13.5. The van der Waals surface area contributed by atoms with Crippen LogP contribution in [0.25, 0.3) is 6.08 Å². The Morgan fingerprint density at radius 3 is 2.67 bits per heavy atom. The molecule has 12 heteroatoms. The van der Waals surface area contributed by atoms with Crippen molar-refractivity contribution in [1.29, 1.82) is 0 Å². The lowest BCUT2D eigenvalue weighted by atomic mass is 10.2. The van der Waals surface area contributed by atoms with Gasteiger partial charge < -0.3 is 24.3 Å². The fourth-order valence-electron chi connectivity index (χ4n) is 3.95. The summed E-state index contributed by atoms with van der Waals surface area (Å²) in [6.07, 6.45) is 4.71. The summed E-state index contributed by atoms with van der Waals surface area (Å²) in [4.78, 5) is 27.8. The van der Waals surface area contributed by atoms with Crippen molar-refractivity contribution in [3.63, 3.8) is 0 Å². The molecule has 1 saturated heterocycles. The third-order valence-electron chi connectivity index (χ3n) is 6.03. The van der Waals surface area contributed by atoms with Gasteiger partial charge in [0.25, 0.3) is 11.8 Å². The second kappa shape index (κ2) is 13.8. The first-order chi connectivity index (χ1) is 20.9. The molecular weight excluding hydrogens is 592 g/mol. The van der Waals surface area contributed by atoms with E-state index in [4.69, 9.17) is 25.5 Å². The molecule has 2 amide bonds. The number of amides is 2. The molecule has 10 nitrogen and oxygen atoms in total. The number of anilines is 1. The summed E-state index contributed by atoms with van der Waals surface area (Å²) in [5.41, 5.74) is 1.85. The van der Waals surface area contributed by atoms with Gasteiger partial charge in [0.05, 0.1) is 31.0 Å². The van der Waals surface area contributed by atoms with Crippen molar-refractivity contribution in [2.24, 2.45) is 10.2 Å². The van der Waals surface area contributed by atoms with E-state index in [1.54, 1.807) is 72.8 Å². The maximum atomic E-state index is 13.5. The largest absolute Gasteiger partial charge is 0.504 e. The number of hydrogen-bond acceptors (Lipinski definition) is 9. The normalized spacial score (nSPS) is 15.0. The Hall–Kier alpha value is -5.00. The third kappa shape index (κ3) is 7.64. The summed E-state index contributed by atoms with van der Waals surface area (Å²) in [6, 6.07) is 22.1. The van der Waals surface area contributed by atoms with Gasteiger partial charge in [-0.1, -0.05) is 29.8 Å². The summed E-state index contributed by atoms with van der Waals surface area (Å²) in [6.45, 7) is -0.0848. The van der Waals surface area contributed by atoms with Crippen LogP contribution in [0.4, 0.5) is 5.69 Å². The van der Waals surface area contributed by atoms with Crippen LogP contribution < -0.4 is 14.8 Å². The summed E-state index contributed by atoms with van der Waals surface area (Å²) in [5, 5.41) is 22.0. The van der Waals surface area contributed by atoms with Crippen molar-refractivity contribution < 1.29 is 28.6 Å².